The maximum Gasteiger partial charge on any atom is 0.309 e. The van der Waals surface area contributed by atoms with Gasteiger partial charge in [0.15, 0.2) is 0 Å². The van der Waals surface area contributed by atoms with Crippen LogP contribution in [0.15, 0.2) is 30.3 Å². The summed E-state index contributed by atoms with van der Waals surface area (Å²) in [5, 5.41) is 9.51. The number of carboxylic acid groups (broad SMARTS) is 1. The van der Waals surface area contributed by atoms with E-state index in [0.717, 1.165) is 25.7 Å². The molecule has 0 spiro atoms. The Bertz CT molecular complexity index is 450. The Morgan fingerprint density at radius 3 is 2.42 bits per heavy atom. The molecule has 1 N–H and O–H groups in total. The van der Waals surface area contributed by atoms with E-state index in [1.807, 2.05) is 13.0 Å². The number of aryl methyl sites for hydroxylation is 1. The van der Waals surface area contributed by atoms with Crippen molar-refractivity contribution in [2.24, 2.45) is 16.7 Å². The fourth-order valence-electron chi connectivity index (χ4n) is 3.47. The minimum absolute atomic E-state index is 0.131. The van der Waals surface area contributed by atoms with Gasteiger partial charge in [0.2, 0.25) is 0 Å². The SMILES string of the molecule is CC1(C)[C@H](CCc2ccccc2)CC[C@]1(C)C(=O)O. The lowest BCUT2D eigenvalue weighted by Gasteiger charge is -2.38. The average molecular weight is 260 g/mol. The second-order valence-electron chi connectivity index (χ2n) is 6.62. The first-order valence-electron chi connectivity index (χ1n) is 7.15. The Labute approximate surface area is 115 Å². The first-order chi connectivity index (χ1) is 8.88. The van der Waals surface area contributed by atoms with Gasteiger partial charge in [-0.3, -0.25) is 4.79 Å². The molecular formula is C17H24O2. The van der Waals surface area contributed by atoms with E-state index in [4.69, 9.17) is 0 Å². The second kappa shape index (κ2) is 4.99. The highest BCUT2D eigenvalue weighted by Crippen LogP contribution is 2.57. The molecule has 0 unspecified atom stereocenters. The van der Waals surface area contributed by atoms with Gasteiger partial charge in [0, 0.05) is 0 Å². The summed E-state index contributed by atoms with van der Waals surface area (Å²) in [7, 11) is 0. The summed E-state index contributed by atoms with van der Waals surface area (Å²) in [6, 6.07) is 10.5. The van der Waals surface area contributed by atoms with Crippen molar-refractivity contribution in [3.8, 4) is 0 Å². The zero-order valence-corrected chi connectivity index (χ0v) is 12.1. The van der Waals surface area contributed by atoms with Crippen LogP contribution in [0.25, 0.3) is 0 Å². The molecule has 0 bridgehead atoms. The van der Waals surface area contributed by atoms with Crippen LogP contribution in [0.4, 0.5) is 0 Å². The summed E-state index contributed by atoms with van der Waals surface area (Å²) in [4.78, 5) is 11.6. The average Bonchev–Trinajstić information content (AvgIpc) is 2.61. The smallest absolute Gasteiger partial charge is 0.309 e. The molecule has 1 aromatic carbocycles. The molecule has 0 aliphatic heterocycles. The maximum atomic E-state index is 11.6. The number of carboxylic acids is 1. The molecule has 1 aromatic rings. The van der Waals surface area contributed by atoms with E-state index in [9.17, 15) is 9.90 Å². The molecule has 1 saturated carbocycles. The lowest BCUT2D eigenvalue weighted by Crippen LogP contribution is -2.40. The van der Waals surface area contributed by atoms with Gasteiger partial charge in [0.1, 0.15) is 0 Å². The standard InChI is InChI=1S/C17H24O2/c1-16(2)14(11-12-17(16,3)15(18)19)10-9-13-7-5-4-6-8-13/h4-8,14H,9-12H2,1-3H3,(H,18,19)/t14-,17-/m1/s1. The van der Waals surface area contributed by atoms with Crippen LogP contribution in [-0.2, 0) is 11.2 Å². The molecule has 2 rings (SSSR count). The lowest BCUT2D eigenvalue weighted by atomic mass is 9.65. The summed E-state index contributed by atoms with van der Waals surface area (Å²) < 4.78 is 0. The summed E-state index contributed by atoms with van der Waals surface area (Å²) in [5.74, 6) is -0.145. The van der Waals surface area contributed by atoms with E-state index < -0.39 is 11.4 Å². The molecule has 19 heavy (non-hydrogen) atoms. The molecule has 0 saturated heterocycles. The third-order valence-corrected chi connectivity index (χ3v) is 5.53. The Kier molecular flexibility index (Phi) is 3.71. The summed E-state index contributed by atoms with van der Waals surface area (Å²) in [6.07, 6.45) is 3.96. The highest BCUT2D eigenvalue weighted by Gasteiger charge is 2.55. The fraction of sp³-hybridized carbons (Fsp3) is 0.588. The molecule has 104 valence electrons. The van der Waals surface area contributed by atoms with Crippen molar-refractivity contribution in [3.63, 3.8) is 0 Å². The topological polar surface area (TPSA) is 37.3 Å². The molecule has 0 aromatic heterocycles. The summed E-state index contributed by atoms with van der Waals surface area (Å²) in [6.45, 7) is 6.17. The predicted octanol–water partition coefficient (Wildman–Crippen LogP) is 4.15. The van der Waals surface area contributed by atoms with Crippen molar-refractivity contribution in [1.82, 2.24) is 0 Å². The number of carbonyl (C=O) groups is 1. The van der Waals surface area contributed by atoms with E-state index in [1.165, 1.54) is 5.56 Å². The van der Waals surface area contributed by atoms with Crippen LogP contribution in [0.5, 0.6) is 0 Å². The number of hydrogen-bond acceptors (Lipinski definition) is 1. The van der Waals surface area contributed by atoms with Gasteiger partial charge < -0.3 is 5.11 Å². The van der Waals surface area contributed by atoms with Crippen LogP contribution in [0.1, 0.15) is 45.6 Å². The van der Waals surface area contributed by atoms with Gasteiger partial charge in [-0.05, 0) is 49.5 Å². The van der Waals surface area contributed by atoms with Gasteiger partial charge in [-0.2, -0.15) is 0 Å². The monoisotopic (exact) mass is 260 g/mol. The number of hydrogen-bond donors (Lipinski definition) is 1. The molecule has 1 aliphatic carbocycles. The predicted molar refractivity (Wildman–Crippen MR) is 77.0 cm³/mol. The van der Waals surface area contributed by atoms with Crippen LogP contribution in [-0.4, -0.2) is 11.1 Å². The van der Waals surface area contributed by atoms with Gasteiger partial charge in [0.05, 0.1) is 5.41 Å². The Balaban J connectivity index is 2.05. The van der Waals surface area contributed by atoms with Gasteiger partial charge in [0.25, 0.3) is 0 Å². The van der Waals surface area contributed by atoms with Gasteiger partial charge >= 0.3 is 5.97 Å². The largest absolute Gasteiger partial charge is 0.481 e. The van der Waals surface area contributed by atoms with Gasteiger partial charge in [-0.1, -0.05) is 44.2 Å². The molecule has 2 atom stereocenters. The quantitative estimate of drug-likeness (QED) is 0.883. The lowest BCUT2D eigenvalue weighted by molar-refractivity contribution is -0.154. The molecular weight excluding hydrogens is 236 g/mol. The minimum Gasteiger partial charge on any atom is -0.481 e. The minimum atomic E-state index is -0.639. The first kappa shape index (κ1) is 14.1. The van der Waals surface area contributed by atoms with E-state index in [1.54, 1.807) is 0 Å². The molecule has 1 fully saturated rings. The summed E-state index contributed by atoms with van der Waals surface area (Å²) in [5.41, 5.74) is 0.643. The Morgan fingerprint density at radius 1 is 1.26 bits per heavy atom. The van der Waals surface area contributed by atoms with Crippen molar-refractivity contribution >= 4 is 5.97 Å². The number of benzene rings is 1. The Hall–Kier alpha value is -1.31. The van der Waals surface area contributed by atoms with Gasteiger partial charge in [-0.25, -0.2) is 0 Å². The van der Waals surface area contributed by atoms with Crippen molar-refractivity contribution in [2.45, 2.75) is 46.5 Å². The molecule has 2 nitrogen and oxygen atoms in total. The van der Waals surface area contributed by atoms with Crippen LogP contribution in [0.2, 0.25) is 0 Å². The van der Waals surface area contributed by atoms with Gasteiger partial charge in [-0.15, -0.1) is 0 Å². The fourth-order valence-corrected chi connectivity index (χ4v) is 3.47. The highest BCUT2D eigenvalue weighted by molar-refractivity contribution is 5.75. The second-order valence-corrected chi connectivity index (χ2v) is 6.62. The van der Waals surface area contributed by atoms with Crippen LogP contribution < -0.4 is 0 Å². The van der Waals surface area contributed by atoms with Crippen molar-refractivity contribution in [1.29, 1.82) is 0 Å². The van der Waals surface area contributed by atoms with Crippen molar-refractivity contribution in [2.75, 3.05) is 0 Å². The van der Waals surface area contributed by atoms with Crippen molar-refractivity contribution < 1.29 is 9.90 Å². The van der Waals surface area contributed by atoms with E-state index in [-0.39, 0.29) is 5.41 Å². The first-order valence-corrected chi connectivity index (χ1v) is 7.15. The normalized spacial score (nSPS) is 29.3. The zero-order valence-electron chi connectivity index (χ0n) is 12.1. The highest BCUT2D eigenvalue weighted by atomic mass is 16.4. The molecule has 0 amide bonds. The molecule has 1 aliphatic rings. The van der Waals surface area contributed by atoms with Crippen LogP contribution >= 0.6 is 0 Å². The zero-order chi connectivity index (χ0) is 14.1. The van der Waals surface area contributed by atoms with Crippen LogP contribution in [0.3, 0.4) is 0 Å². The molecule has 2 heteroatoms. The third-order valence-electron chi connectivity index (χ3n) is 5.53. The van der Waals surface area contributed by atoms with E-state index in [2.05, 4.69) is 38.1 Å². The third kappa shape index (κ3) is 2.41. The van der Waals surface area contributed by atoms with Crippen LogP contribution in [0, 0.1) is 16.7 Å². The van der Waals surface area contributed by atoms with Crippen molar-refractivity contribution in [3.05, 3.63) is 35.9 Å². The Morgan fingerprint density at radius 2 is 1.89 bits per heavy atom. The maximum absolute atomic E-state index is 11.6. The number of rotatable bonds is 4. The summed E-state index contributed by atoms with van der Waals surface area (Å²) >= 11 is 0. The van der Waals surface area contributed by atoms with E-state index in [0.29, 0.717) is 5.92 Å². The number of aliphatic carboxylic acids is 1. The molecule has 0 heterocycles. The van der Waals surface area contributed by atoms with E-state index >= 15 is 0 Å². The molecule has 0 radical (unpaired) electrons.